The number of carbonyl (C=O) groups excluding carboxylic acids is 1. The fourth-order valence-corrected chi connectivity index (χ4v) is 5.01. The number of nitrogens with zero attached hydrogens (tertiary/aromatic N) is 3. The van der Waals surface area contributed by atoms with Gasteiger partial charge in [0.25, 0.3) is 5.91 Å². The van der Waals surface area contributed by atoms with Crippen LogP contribution in [0.1, 0.15) is 46.3 Å². The summed E-state index contributed by atoms with van der Waals surface area (Å²) in [6, 6.07) is 9.63. The number of nitriles is 1. The molecule has 1 aromatic carbocycles. The number of furan rings is 1. The first-order valence-electron chi connectivity index (χ1n) is 11.9. The number of anilines is 1. The van der Waals surface area contributed by atoms with Gasteiger partial charge in [-0.05, 0) is 61.7 Å². The van der Waals surface area contributed by atoms with Crippen LogP contribution in [0.4, 0.5) is 5.69 Å². The molecule has 9 nitrogen and oxygen atoms in total. The van der Waals surface area contributed by atoms with Crippen molar-refractivity contribution in [1.29, 1.82) is 5.26 Å². The van der Waals surface area contributed by atoms with Gasteiger partial charge in [-0.25, -0.2) is 0 Å². The van der Waals surface area contributed by atoms with Gasteiger partial charge < -0.3 is 30.2 Å². The van der Waals surface area contributed by atoms with E-state index in [1.807, 2.05) is 30.5 Å². The molecule has 1 aliphatic carbocycles. The molecule has 0 saturated carbocycles. The van der Waals surface area contributed by atoms with E-state index in [9.17, 15) is 20.3 Å². The predicted octanol–water partition coefficient (Wildman–Crippen LogP) is 2.32. The molecule has 3 aromatic rings. The Hall–Kier alpha value is -3.58. The van der Waals surface area contributed by atoms with Crippen LogP contribution in [0.15, 0.2) is 40.5 Å². The minimum atomic E-state index is -1.17. The van der Waals surface area contributed by atoms with E-state index in [0.717, 1.165) is 74.2 Å². The third kappa shape index (κ3) is 4.56. The van der Waals surface area contributed by atoms with Crippen molar-refractivity contribution in [1.82, 2.24) is 9.88 Å². The Morgan fingerprint density at radius 2 is 1.97 bits per heavy atom. The van der Waals surface area contributed by atoms with Gasteiger partial charge in [0.1, 0.15) is 17.8 Å². The molecule has 2 unspecified atom stereocenters. The maximum absolute atomic E-state index is 11.4. The van der Waals surface area contributed by atoms with Gasteiger partial charge in [0.15, 0.2) is 5.76 Å². The summed E-state index contributed by atoms with van der Waals surface area (Å²) in [5.74, 6) is -0.384. The van der Waals surface area contributed by atoms with Crippen molar-refractivity contribution in [3.63, 3.8) is 0 Å². The molecular formula is C26H29N5O4. The number of nitrogens with two attached hydrogens (primary N) is 1. The number of aromatic nitrogens is 1. The molecule has 1 fully saturated rings. The number of carbonyl (C=O) groups is 1. The summed E-state index contributed by atoms with van der Waals surface area (Å²) in [5, 5.41) is 30.4. The summed E-state index contributed by atoms with van der Waals surface area (Å²) in [6.07, 6.45) is 4.20. The molecule has 9 heteroatoms. The van der Waals surface area contributed by atoms with Gasteiger partial charge in [0.2, 0.25) is 0 Å². The summed E-state index contributed by atoms with van der Waals surface area (Å²) in [4.78, 5) is 19.2. The minimum Gasteiger partial charge on any atom is -0.451 e. The minimum absolute atomic E-state index is 0.178. The lowest BCUT2D eigenvalue weighted by molar-refractivity contribution is 0.0399. The smallest absolute Gasteiger partial charge is 0.284 e. The number of fused-ring (bicyclic) bond motifs is 2. The first-order chi connectivity index (χ1) is 16.9. The number of aliphatic hydroxyl groups is 2. The first-order valence-corrected chi connectivity index (χ1v) is 11.9. The quantitative estimate of drug-likeness (QED) is 0.384. The van der Waals surface area contributed by atoms with E-state index in [1.54, 1.807) is 12.1 Å². The van der Waals surface area contributed by atoms with Gasteiger partial charge in [-0.2, -0.15) is 5.26 Å². The number of hydrogen-bond acceptors (Lipinski definition) is 7. The fourth-order valence-electron chi connectivity index (χ4n) is 5.01. The molecule has 2 aromatic heterocycles. The molecule has 0 radical (unpaired) electrons. The molecule has 35 heavy (non-hydrogen) atoms. The lowest BCUT2D eigenvalue weighted by Crippen LogP contribution is -2.46. The van der Waals surface area contributed by atoms with Crippen LogP contribution in [0.5, 0.6) is 0 Å². The van der Waals surface area contributed by atoms with Gasteiger partial charge in [-0.15, -0.1) is 0 Å². The highest BCUT2D eigenvalue weighted by molar-refractivity contribution is 5.95. The summed E-state index contributed by atoms with van der Waals surface area (Å²) >= 11 is 0. The SMILES string of the molecule is N#CC1=Cc2c(CCCCN3CCN(c4ccc5oc(C(N)=O)cc5c4)CC3)c[nH]c2C(O)C1O. The van der Waals surface area contributed by atoms with E-state index in [-0.39, 0.29) is 11.3 Å². The van der Waals surface area contributed by atoms with Crippen molar-refractivity contribution >= 4 is 28.6 Å². The maximum Gasteiger partial charge on any atom is 0.284 e. The molecule has 3 heterocycles. The molecule has 182 valence electrons. The number of benzene rings is 1. The largest absolute Gasteiger partial charge is 0.451 e. The normalized spacial score (nSPS) is 20.5. The molecule has 5 N–H and O–H groups in total. The fraction of sp³-hybridized carbons (Fsp3) is 0.385. The number of aliphatic hydroxyl groups excluding tert-OH is 2. The number of piperazine rings is 1. The van der Waals surface area contributed by atoms with Crippen molar-refractivity contribution in [2.75, 3.05) is 37.6 Å². The summed E-state index contributed by atoms with van der Waals surface area (Å²) in [7, 11) is 0. The number of aryl methyl sites for hydroxylation is 1. The molecule has 5 rings (SSSR count). The van der Waals surface area contributed by atoms with Gasteiger partial charge in [-0.3, -0.25) is 9.69 Å². The zero-order valence-corrected chi connectivity index (χ0v) is 19.4. The summed E-state index contributed by atoms with van der Waals surface area (Å²) in [5.41, 5.74) is 9.78. The third-order valence-corrected chi connectivity index (χ3v) is 7.03. The predicted molar refractivity (Wildman–Crippen MR) is 132 cm³/mol. The van der Waals surface area contributed by atoms with Crippen LogP contribution in [0.3, 0.4) is 0 Å². The van der Waals surface area contributed by atoms with Crippen LogP contribution >= 0.6 is 0 Å². The molecule has 2 atom stereocenters. The number of rotatable bonds is 7. The molecule has 0 bridgehead atoms. The number of hydrogen-bond donors (Lipinski definition) is 4. The second-order valence-corrected chi connectivity index (χ2v) is 9.23. The molecule has 2 aliphatic rings. The van der Waals surface area contributed by atoms with E-state index >= 15 is 0 Å². The van der Waals surface area contributed by atoms with Crippen LogP contribution in [0.25, 0.3) is 17.0 Å². The lowest BCUT2D eigenvalue weighted by Gasteiger charge is -2.36. The number of primary amides is 1. The van der Waals surface area contributed by atoms with Crippen LogP contribution in [-0.2, 0) is 6.42 Å². The Morgan fingerprint density at radius 3 is 2.71 bits per heavy atom. The number of nitrogens with one attached hydrogen (secondary N) is 1. The van der Waals surface area contributed by atoms with Crippen molar-refractivity contribution in [3.8, 4) is 6.07 Å². The number of amides is 1. The second-order valence-electron chi connectivity index (χ2n) is 9.23. The Kier molecular flexibility index (Phi) is 6.34. The third-order valence-electron chi connectivity index (χ3n) is 7.03. The number of aromatic amines is 1. The van der Waals surface area contributed by atoms with E-state index in [2.05, 4.69) is 14.8 Å². The molecular weight excluding hydrogens is 446 g/mol. The Balaban J connectivity index is 1.11. The Bertz CT molecular complexity index is 1310. The van der Waals surface area contributed by atoms with Crippen LogP contribution in [0.2, 0.25) is 0 Å². The van der Waals surface area contributed by atoms with Crippen molar-refractivity contribution in [2.45, 2.75) is 31.5 Å². The average Bonchev–Trinajstić information content (AvgIpc) is 3.48. The number of H-pyrrole nitrogens is 1. The number of unbranched alkanes of at least 4 members (excludes halogenated alkanes) is 1. The van der Waals surface area contributed by atoms with Crippen molar-refractivity contribution in [2.24, 2.45) is 5.73 Å². The lowest BCUT2D eigenvalue weighted by atomic mass is 9.90. The van der Waals surface area contributed by atoms with Crippen LogP contribution in [-0.4, -0.2) is 64.8 Å². The molecule has 1 amide bonds. The Labute approximate surface area is 203 Å². The van der Waals surface area contributed by atoms with E-state index in [4.69, 9.17) is 10.2 Å². The van der Waals surface area contributed by atoms with Gasteiger partial charge in [0, 0.05) is 49.0 Å². The average molecular weight is 476 g/mol. The highest BCUT2D eigenvalue weighted by Crippen LogP contribution is 2.34. The van der Waals surface area contributed by atoms with E-state index in [1.165, 1.54) is 0 Å². The van der Waals surface area contributed by atoms with Gasteiger partial charge in [-0.1, -0.05) is 0 Å². The summed E-state index contributed by atoms with van der Waals surface area (Å²) in [6.45, 7) is 4.84. The van der Waals surface area contributed by atoms with E-state index in [0.29, 0.717) is 11.3 Å². The monoisotopic (exact) mass is 475 g/mol. The Morgan fingerprint density at radius 1 is 1.17 bits per heavy atom. The van der Waals surface area contributed by atoms with Crippen LogP contribution < -0.4 is 10.6 Å². The summed E-state index contributed by atoms with van der Waals surface area (Å²) < 4.78 is 5.48. The van der Waals surface area contributed by atoms with Gasteiger partial charge in [0.05, 0.1) is 17.3 Å². The topological polar surface area (TPSA) is 143 Å². The highest BCUT2D eigenvalue weighted by Gasteiger charge is 2.31. The van der Waals surface area contributed by atoms with Crippen molar-refractivity contribution in [3.05, 3.63) is 58.6 Å². The standard InChI is InChI=1S/C26H29N5O4/c27-14-18-12-20-16(15-29-23(20)25(33)24(18)32)3-1-2-6-30-7-9-31(10-8-30)19-4-5-21-17(11-19)13-22(35-21)26(28)34/h4-5,11-13,15,24-25,29,32-33H,1-3,6-10H2,(H2,28,34). The molecule has 1 aliphatic heterocycles. The van der Waals surface area contributed by atoms with Crippen molar-refractivity contribution < 1.29 is 19.4 Å². The second kappa shape index (κ2) is 9.58. The van der Waals surface area contributed by atoms with Gasteiger partial charge >= 0.3 is 0 Å². The zero-order chi connectivity index (χ0) is 24.5. The molecule has 0 spiro atoms. The zero-order valence-electron chi connectivity index (χ0n) is 19.4. The molecule has 1 saturated heterocycles. The first kappa shape index (κ1) is 23.2. The van der Waals surface area contributed by atoms with Crippen LogP contribution in [0, 0.1) is 11.3 Å². The maximum atomic E-state index is 11.4. The highest BCUT2D eigenvalue weighted by atomic mass is 16.3. The van der Waals surface area contributed by atoms with E-state index < -0.39 is 18.1 Å².